The van der Waals surface area contributed by atoms with E-state index >= 15 is 0 Å². The third-order valence-electron chi connectivity index (χ3n) is 1.99. The van der Waals surface area contributed by atoms with Crippen LogP contribution in [0.15, 0.2) is 30.3 Å². The molecule has 0 bridgehead atoms. The largest absolute Gasteiger partial charge is 0.389 e. The zero-order chi connectivity index (χ0) is 12.8. The highest BCUT2D eigenvalue weighted by Gasteiger charge is 1.95. The van der Waals surface area contributed by atoms with Gasteiger partial charge in [-0.2, -0.15) is 0 Å². The van der Waals surface area contributed by atoms with Gasteiger partial charge < -0.3 is 5.11 Å². The average molecular weight is 224 g/mol. The zero-order valence-electron chi connectivity index (χ0n) is 11.5. The van der Waals surface area contributed by atoms with Gasteiger partial charge in [0, 0.05) is 0 Å². The van der Waals surface area contributed by atoms with Crippen LogP contribution in [0.3, 0.4) is 0 Å². The lowest BCUT2D eigenvalue weighted by molar-refractivity contribution is 0.199. The Morgan fingerprint density at radius 3 is 1.62 bits per heavy atom. The molecule has 1 aromatic carbocycles. The van der Waals surface area contributed by atoms with Gasteiger partial charge in [0.1, 0.15) is 0 Å². The lowest BCUT2D eigenvalue weighted by Gasteiger charge is -2.00. The first-order chi connectivity index (χ1) is 7.72. The molecule has 1 nitrogen and oxygen atoms in total. The Morgan fingerprint density at radius 2 is 1.44 bits per heavy atom. The molecule has 0 aliphatic rings. The summed E-state index contributed by atoms with van der Waals surface area (Å²) in [5, 5.41) is 9.02. The molecule has 0 fully saturated rings. The first-order valence-corrected chi connectivity index (χ1v) is 6.45. The van der Waals surface area contributed by atoms with E-state index in [0.717, 1.165) is 5.56 Å². The molecule has 0 aliphatic heterocycles. The molecule has 0 spiro atoms. The van der Waals surface area contributed by atoms with Crippen LogP contribution in [0, 0.1) is 0 Å². The second-order valence-corrected chi connectivity index (χ2v) is 3.44. The number of benzene rings is 1. The summed E-state index contributed by atoms with van der Waals surface area (Å²) in [5.41, 5.74) is 0.970. The summed E-state index contributed by atoms with van der Waals surface area (Å²) in [5.74, 6) is 0. The molecule has 1 aromatic rings. The fourth-order valence-corrected chi connectivity index (χ4v) is 1.09. The lowest BCUT2D eigenvalue weighted by Crippen LogP contribution is -1.87. The van der Waals surface area contributed by atoms with Crippen molar-refractivity contribution < 1.29 is 5.11 Å². The normalized spacial score (nSPS) is 10.4. The highest BCUT2D eigenvalue weighted by molar-refractivity contribution is 5.16. The van der Waals surface area contributed by atoms with Crippen LogP contribution in [0.4, 0.5) is 0 Å². The van der Waals surface area contributed by atoms with Gasteiger partial charge in [-0.15, -0.1) is 0 Å². The number of rotatable bonds is 3. The molecule has 1 unspecified atom stereocenters. The molecule has 0 amide bonds. The summed E-state index contributed by atoms with van der Waals surface area (Å²) in [6.45, 7) is 10.2. The molecule has 1 heteroatoms. The Labute approximate surface area is 102 Å². The van der Waals surface area contributed by atoms with Gasteiger partial charge in [0.15, 0.2) is 0 Å². The van der Waals surface area contributed by atoms with Crippen molar-refractivity contribution >= 4 is 0 Å². The van der Waals surface area contributed by atoms with Gasteiger partial charge in [-0.05, 0) is 12.5 Å². The maximum atomic E-state index is 9.02. The van der Waals surface area contributed by atoms with Crippen LogP contribution in [0.1, 0.15) is 65.5 Å². The van der Waals surface area contributed by atoms with Crippen molar-refractivity contribution in [3.63, 3.8) is 0 Å². The summed E-state index contributed by atoms with van der Waals surface area (Å²) in [6.07, 6.45) is 3.73. The van der Waals surface area contributed by atoms with Gasteiger partial charge in [0.05, 0.1) is 6.10 Å². The second kappa shape index (κ2) is 14.2. The van der Waals surface area contributed by atoms with Gasteiger partial charge in [-0.1, -0.05) is 77.3 Å². The van der Waals surface area contributed by atoms with Crippen LogP contribution in [-0.2, 0) is 0 Å². The molecule has 94 valence electrons. The number of hydrogen-bond acceptors (Lipinski definition) is 1. The number of aliphatic hydroxyl groups excluding tert-OH is 1. The quantitative estimate of drug-likeness (QED) is 0.769. The fraction of sp³-hybridized carbons (Fsp3) is 0.600. The molecule has 0 radical (unpaired) electrons. The molecule has 0 heterocycles. The van der Waals surface area contributed by atoms with E-state index in [1.54, 1.807) is 6.92 Å². The summed E-state index contributed by atoms with van der Waals surface area (Å²) in [4.78, 5) is 0. The number of unbranched alkanes of at least 4 members (excludes halogenated alkanes) is 2. The predicted molar refractivity (Wildman–Crippen MR) is 73.6 cm³/mol. The van der Waals surface area contributed by atoms with Crippen molar-refractivity contribution in [1.29, 1.82) is 0 Å². The van der Waals surface area contributed by atoms with E-state index in [-0.39, 0.29) is 6.10 Å². The summed E-state index contributed by atoms with van der Waals surface area (Å²) >= 11 is 0. The van der Waals surface area contributed by atoms with Crippen molar-refractivity contribution in [1.82, 2.24) is 0 Å². The fourth-order valence-electron chi connectivity index (χ4n) is 1.09. The van der Waals surface area contributed by atoms with Crippen LogP contribution in [0.5, 0.6) is 0 Å². The molecular formula is C15H28O. The van der Waals surface area contributed by atoms with Gasteiger partial charge in [-0.25, -0.2) is 0 Å². The van der Waals surface area contributed by atoms with Crippen molar-refractivity contribution in [3.8, 4) is 0 Å². The lowest BCUT2D eigenvalue weighted by atomic mass is 10.1. The molecule has 0 aromatic heterocycles. The van der Waals surface area contributed by atoms with Crippen molar-refractivity contribution in [2.45, 2.75) is 60.0 Å². The summed E-state index contributed by atoms with van der Waals surface area (Å²) in [6, 6.07) is 9.59. The Balaban J connectivity index is 0. The smallest absolute Gasteiger partial charge is 0.0761 e. The third-order valence-corrected chi connectivity index (χ3v) is 1.99. The van der Waals surface area contributed by atoms with E-state index in [1.165, 1.54) is 19.3 Å². The van der Waals surface area contributed by atoms with E-state index in [2.05, 4.69) is 13.8 Å². The monoisotopic (exact) mass is 224 g/mol. The maximum absolute atomic E-state index is 9.02. The van der Waals surface area contributed by atoms with Crippen molar-refractivity contribution in [3.05, 3.63) is 35.9 Å². The Bertz CT molecular complexity index is 202. The van der Waals surface area contributed by atoms with Crippen molar-refractivity contribution in [2.75, 3.05) is 0 Å². The van der Waals surface area contributed by atoms with E-state index in [4.69, 9.17) is 5.11 Å². The number of hydrogen-bond donors (Lipinski definition) is 1. The van der Waals surface area contributed by atoms with Gasteiger partial charge in [0.2, 0.25) is 0 Å². The topological polar surface area (TPSA) is 20.2 Å². The van der Waals surface area contributed by atoms with E-state index in [1.807, 2.05) is 44.2 Å². The molecule has 1 atom stereocenters. The standard InChI is InChI=1S/C8H10O.C5H12.C2H6/c1-7(9)8-5-3-2-4-6-8;1-3-5-4-2;1-2/h2-7,9H,1H3;3-5H2,1-2H3;1-2H3. The van der Waals surface area contributed by atoms with Gasteiger partial charge in [0.25, 0.3) is 0 Å². The van der Waals surface area contributed by atoms with Crippen LogP contribution in [-0.4, -0.2) is 5.11 Å². The van der Waals surface area contributed by atoms with Gasteiger partial charge >= 0.3 is 0 Å². The SMILES string of the molecule is CC.CC(O)c1ccccc1.CCCCC. The minimum absolute atomic E-state index is 0.341. The second-order valence-electron chi connectivity index (χ2n) is 3.44. The molecule has 16 heavy (non-hydrogen) atoms. The zero-order valence-corrected chi connectivity index (χ0v) is 11.5. The Morgan fingerprint density at radius 1 is 1.00 bits per heavy atom. The Hall–Kier alpha value is -0.820. The minimum atomic E-state index is -0.341. The molecule has 0 saturated heterocycles. The van der Waals surface area contributed by atoms with Gasteiger partial charge in [-0.3, -0.25) is 0 Å². The van der Waals surface area contributed by atoms with Crippen LogP contribution < -0.4 is 0 Å². The van der Waals surface area contributed by atoms with E-state index < -0.39 is 0 Å². The maximum Gasteiger partial charge on any atom is 0.0761 e. The Kier molecular flexibility index (Phi) is 15.6. The first kappa shape index (κ1) is 17.6. The average Bonchev–Trinajstić information content (AvgIpc) is 2.34. The predicted octanol–water partition coefficient (Wildman–Crippen LogP) is 4.96. The highest BCUT2D eigenvalue weighted by atomic mass is 16.3. The van der Waals surface area contributed by atoms with Crippen LogP contribution in [0.2, 0.25) is 0 Å². The highest BCUT2D eigenvalue weighted by Crippen LogP contribution is 2.09. The van der Waals surface area contributed by atoms with Crippen molar-refractivity contribution in [2.24, 2.45) is 0 Å². The molecule has 1 rings (SSSR count). The molecular weight excluding hydrogens is 196 g/mol. The summed E-state index contributed by atoms with van der Waals surface area (Å²) < 4.78 is 0. The molecule has 0 aliphatic carbocycles. The minimum Gasteiger partial charge on any atom is -0.389 e. The van der Waals surface area contributed by atoms with E-state index in [9.17, 15) is 0 Å². The van der Waals surface area contributed by atoms with Crippen LogP contribution >= 0.6 is 0 Å². The third kappa shape index (κ3) is 11.3. The molecule has 0 saturated carbocycles. The molecule has 1 N–H and O–H groups in total. The summed E-state index contributed by atoms with van der Waals surface area (Å²) in [7, 11) is 0. The first-order valence-electron chi connectivity index (χ1n) is 6.45. The van der Waals surface area contributed by atoms with E-state index in [0.29, 0.717) is 0 Å². The number of aliphatic hydroxyl groups is 1. The van der Waals surface area contributed by atoms with Crippen LogP contribution in [0.25, 0.3) is 0 Å².